The maximum Gasteiger partial charge on any atom is 0.143 e. The molecule has 1 rings (SSSR count). The Balaban J connectivity index is 2.43. The fourth-order valence-electron chi connectivity index (χ4n) is 1.89. The molecule has 100 valence electrons. The molecule has 0 bridgehead atoms. The van der Waals surface area contributed by atoms with E-state index in [1.807, 2.05) is 13.0 Å². The van der Waals surface area contributed by atoms with Gasteiger partial charge < -0.3 is 15.8 Å². The summed E-state index contributed by atoms with van der Waals surface area (Å²) in [6, 6.07) is 10.4. The van der Waals surface area contributed by atoms with Gasteiger partial charge in [0.2, 0.25) is 0 Å². The van der Waals surface area contributed by atoms with Crippen molar-refractivity contribution in [2.24, 2.45) is 16.8 Å². The van der Waals surface area contributed by atoms with Gasteiger partial charge >= 0.3 is 0 Å². The zero-order valence-corrected chi connectivity index (χ0v) is 11.2. The van der Waals surface area contributed by atoms with Crippen LogP contribution in [0.3, 0.4) is 0 Å². The maximum absolute atomic E-state index is 8.64. The van der Waals surface area contributed by atoms with E-state index in [-0.39, 0.29) is 5.92 Å². The molecule has 0 heterocycles. The van der Waals surface area contributed by atoms with Crippen molar-refractivity contribution in [3.8, 4) is 0 Å². The smallest absolute Gasteiger partial charge is 0.143 e. The summed E-state index contributed by atoms with van der Waals surface area (Å²) >= 11 is 0. The van der Waals surface area contributed by atoms with E-state index in [4.69, 9.17) is 10.9 Å². The predicted molar refractivity (Wildman–Crippen MR) is 74.8 cm³/mol. The molecule has 1 aromatic rings. The first-order valence-corrected chi connectivity index (χ1v) is 6.41. The van der Waals surface area contributed by atoms with Crippen molar-refractivity contribution in [2.75, 3.05) is 19.6 Å². The van der Waals surface area contributed by atoms with Crippen molar-refractivity contribution in [3.05, 3.63) is 35.9 Å². The van der Waals surface area contributed by atoms with Gasteiger partial charge in [-0.05, 0) is 18.5 Å². The lowest BCUT2D eigenvalue weighted by Gasteiger charge is -2.23. The molecule has 0 aliphatic rings. The summed E-state index contributed by atoms with van der Waals surface area (Å²) in [4.78, 5) is 2.32. The fourth-order valence-corrected chi connectivity index (χ4v) is 1.89. The van der Waals surface area contributed by atoms with Crippen LogP contribution in [0.1, 0.15) is 19.4 Å². The van der Waals surface area contributed by atoms with Crippen LogP contribution in [-0.4, -0.2) is 35.6 Å². The van der Waals surface area contributed by atoms with E-state index < -0.39 is 0 Å². The third-order valence-electron chi connectivity index (χ3n) is 3.16. The lowest BCUT2D eigenvalue weighted by Crippen LogP contribution is -2.36. The highest BCUT2D eigenvalue weighted by Gasteiger charge is 2.12. The van der Waals surface area contributed by atoms with E-state index in [9.17, 15) is 0 Å². The second-order valence-corrected chi connectivity index (χ2v) is 4.55. The highest BCUT2D eigenvalue weighted by Crippen LogP contribution is 2.04. The Morgan fingerprint density at radius 2 is 2.06 bits per heavy atom. The lowest BCUT2D eigenvalue weighted by molar-refractivity contribution is 0.267. The van der Waals surface area contributed by atoms with Crippen LogP contribution in [-0.2, 0) is 6.42 Å². The molecule has 18 heavy (non-hydrogen) atoms. The normalized spacial score (nSPS) is 13.8. The third kappa shape index (κ3) is 4.75. The molecule has 0 radical (unpaired) electrons. The summed E-state index contributed by atoms with van der Waals surface area (Å²) < 4.78 is 0. The molecule has 4 heteroatoms. The van der Waals surface area contributed by atoms with Crippen LogP contribution < -0.4 is 5.73 Å². The summed E-state index contributed by atoms with van der Waals surface area (Å²) in [5, 5.41) is 11.7. The second-order valence-electron chi connectivity index (χ2n) is 4.55. The van der Waals surface area contributed by atoms with Crippen LogP contribution in [0.4, 0.5) is 0 Å². The standard InChI is InChI=1S/C14H23N3O/c1-3-17(11-12(2)14(15)16-18)10-9-13-7-5-4-6-8-13/h4-8,12,18H,3,9-11H2,1-2H3,(H2,15,16). The topological polar surface area (TPSA) is 61.8 Å². The molecule has 0 aromatic heterocycles. The number of likely N-dealkylation sites (N-methyl/N-ethyl adjacent to an activating group) is 1. The molecule has 1 atom stereocenters. The van der Waals surface area contributed by atoms with Crippen molar-refractivity contribution in [1.29, 1.82) is 0 Å². The van der Waals surface area contributed by atoms with E-state index in [0.29, 0.717) is 5.84 Å². The Bertz CT molecular complexity index is 365. The van der Waals surface area contributed by atoms with E-state index >= 15 is 0 Å². The average molecular weight is 249 g/mol. The molecule has 0 aliphatic carbocycles. The minimum absolute atomic E-state index is 0.0747. The molecule has 1 unspecified atom stereocenters. The van der Waals surface area contributed by atoms with Gasteiger partial charge in [0, 0.05) is 19.0 Å². The van der Waals surface area contributed by atoms with Crippen molar-refractivity contribution in [1.82, 2.24) is 4.90 Å². The summed E-state index contributed by atoms with van der Waals surface area (Å²) in [6.07, 6.45) is 1.03. The number of benzene rings is 1. The van der Waals surface area contributed by atoms with E-state index in [1.54, 1.807) is 0 Å². The predicted octanol–water partition coefficient (Wildman–Crippen LogP) is 1.93. The highest BCUT2D eigenvalue weighted by molar-refractivity contribution is 5.82. The Labute approximate surface area is 109 Å². The summed E-state index contributed by atoms with van der Waals surface area (Å²) in [6.45, 7) is 6.88. The van der Waals surface area contributed by atoms with Gasteiger partial charge in [-0.2, -0.15) is 0 Å². The minimum Gasteiger partial charge on any atom is -0.409 e. The van der Waals surface area contributed by atoms with Gasteiger partial charge in [0.15, 0.2) is 0 Å². The Hall–Kier alpha value is -1.55. The molecule has 0 spiro atoms. The molecule has 3 N–H and O–H groups in total. The number of hydrogen-bond donors (Lipinski definition) is 2. The van der Waals surface area contributed by atoms with Gasteiger partial charge in [0.05, 0.1) is 0 Å². The molecule has 1 aromatic carbocycles. The van der Waals surface area contributed by atoms with Crippen molar-refractivity contribution >= 4 is 5.84 Å². The SMILES string of the molecule is CCN(CCc1ccccc1)CC(C)/C(N)=N/O. The number of rotatable bonds is 7. The van der Waals surface area contributed by atoms with Crippen LogP contribution in [0.5, 0.6) is 0 Å². The maximum atomic E-state index is 8.64. The quantitative estimate of drug-likeness (QED) is 0.336. The van der Waals surface area contributed by atoms with Crippen LogP contribution in [0.15, 0.2) is 35.5 Å². The zero-order chi connectivity index (χ0) is 13.4. The van der Waals surface area contributed by atoms with Gasteiger partial charge in [-0.25, -0.2) is 0 Å². The zero-order valence-electron chi connectivity index (χ0n) is 11.2. The molecule has 0 amide bonds. The molecule has 0 saturated heterocycles. The van der Waals surface area contributed by atoms with Gasteiger partial charge in [-0.1, -0.05) is 49.3 Å². The fraction of sp³-hybridized carbons (Fsp3) is 0.500. The van der Waals surface area contributed by atoms with Crippen LogP contribution >= 0.6 is 0 Å². The van der Waals surface area contributed by atoms with Crippen molar-refractivity contribution < 1.29 is 5.21 Å². The molecule has 0 saturated carbocycles. The number of nitrogens with zero attached hydrogens (tertiary/aromatic N) is 2. The Morgan fingerprint density at radius 3 is 2.61 bits per heavy atom. The second kappa shape index (κ2) is 7.71. The highest BCUT2D eigenvalue weighted by atomic mass is 16.4. The monoisotopic (exact) mass is 249 g/mol. The third-order valence-corrected chi connectivity index (χ3v) is 3.16. The molecule has 4 nitrogen and oxygen atoms in total. The Kier molecular flexibility index (Phi) is 6.22. The van der Waals surface area contributed by atoms with Gasteiger partial charge in [0.1, 0.15) is 5.84 Å². The molecular weight excluding hydrogens is 226 g/mol. The first-order chi connectivity index (χ1) is 8.67. The van der Waals surface area contributed by atoms with Crippen molar-refractivity contribution in [3.63, 3.8) is 0 Å². The lowest BCUT2D eigenvalue weighted by atomic mass is 10.1. The number of hydrogen-bond acceptors (Lipinski definition) is 3. The van der Waals surface area contributed by atoms with Gasteiger partial charge in [0.25, 0.3) is 0 Å². The van der Waals surface area contributed by atoms with Gasteiger partial charge in [-0.15, -0.1) is 0 Å². The first kappa shape index (κ1) is 14.5. The van der Waals surface area contributed by atoms with Gasteiger partial charge in [-0.3, -0.25) is 0 Å². The van der Waals surface area contributed by atoms with E-state index in [0.717, 1.165) is 26.1 Å². The summed E-state index contributed by atoms with van der Waals surface area (Å²) in [5.41, 5.74) is 6.94. The van der Waals surface area contributed by atoms with Crippen molar-refractivity contribution in [2.45, 2.75) is 20.3 Å². The number of nitrogens with two attached hydrogens (primary N) is 1. The van der Waals surface area contributed by atoms with Crippen LogP contribution in [0, 0.1) is 5.92 Å². The largest absolute Gasteiger partial charge is 0.409 e. The average Bonchev–Trinajstić information content (AvgIpc) is 2.43. The van der Waals surface area contributed by atoms with Crippen LogP contribution in [0.25, 0.3) is 0 Å². The van der Waals surface area contributed by atoms with E-state index in [2.05, 4.69) is 41.2 Å². The summed E-state index contributed by atoms with van der Waals surface area (Å²) in [5.74, 6) is 0.374. The number of amidine groups is 1. The molecule has 0 aliphatic heterocycles. The van der Waals surface area contributed by atoms with E-state index in [1.165, 1.54) is 5.56 Å². The first-order valence-electron chi connectivity index (χ1n) is 6.41. The molecular formula is C14H23N3O. The Morgan fingerprint density at radius 1 is 1.39 bits per heavy atom. The number of oxime groups is 1. The molecule has 0 fully saturated rings. The minimum atomic E-state index is 0.0747. The summed E-state index contributed by atoms with van der Waals surface area (Å²) in [7, 11) is 0. The van der Waals surface area contributed by atoms with Crippen LogP contribution in [0.2, 0.25) is 0 Å².